The van der Waals surface area contributed by atoms with Crippen LogP contribution in [0.25, 0.3) is 0 Å². The zero-order valence-electron chi connectivity index (χ0n) is 9.05. The summed E-state index contributed by atoms with van der Waals surface area (Å²) in [5.41, 5.74) is 0. The summed E-state index contributed by atoms with van der Waals surface area (Å²) in [5, 5.41) is 23.9. The molecule has 0 atom stereocenters. The molecule has 0 unspecified atom stereocenters. The van der Waals surface area contributed by atoms with E-state index in [0.29, 0.717) is 11.3 Å². The first kappa shape index (κ1) is 13.8. The largest absolute Gasteiger partial charge is 0.600 e. The Balaban J connectivity index is 3.65. The van der Waals surface area contributed by atoms with Crippen molar-refractivity contribution in [3.8, 4) is 0 Å². The molecule has 0 fully saturated rings. The first-order valence-corrected chi connectivity index (χ1v) is 4.65. The second-order valence-electron chi connectivity index (χ2n) is 2.84. The van der Waals surface area contributed by atoms with Crippen molar-refractivity contribution in [2.45, 2.75) is 12.8 Å². The summed E-state index contributed by atoms with van der Waals surface area (Å²) < 4.78 is 0. The fourth-order valence-corrected chi connectivity index (χ4v) is 0.852. The topological polar surface area (TPSA) is 88.2 Å². The Hall–Kier alpha value is -1.21. The standard InChI is InChI=1S/C8H17N3O4/c1-10(15-2)8(13)4-3-6-11(14)9-5-7-12/h12H,3-7H2,1-2H3. The van der Waals surface area contributed by atoms with E-state index in [1.165, 1.54) is 14.2 Å². The van der Waals surface area contributed by atoms with E-state index < -0.39 is 0 Å². The lowest BCUT2D eigenvalue weighted by Gasteiger charge is -2.12. The summed E-state index contributed by atoms with van der Waals surface area (Å²) in [6.45, 7) is 0.0861. The minimum atomic E-state index is -0.187. The average molecular weight is 219 g/mol. The van der Waals surface area contributed by atoms with Crippen molar-refractivity contribution in [3.05, 3.63) is 5.21 Å². The number of aliphatic hydroxyl groups excluding tert-OH is 1. The molecule has 7 nitrogen and oxygen atoms in total. The molecule has 0 rings (SSSR count). The van der Waals surface area contributed by atoms with Crippen LogP contribution in [-0.2, 0) is 9.63 Å². The van der Waals surface area contributed by atoms with Crippen LogP contribution in [-0.4, -0.2) is 54.8 Å². The Labute approximate surface area is 88.5 Å². The Bertz CT molecular complexity index is 220. The maximum Gasteiger partial charge on any atom is 0.246 e. The molecule has 15 heavy (non-hydrogen) atoms. The van der Waals surface area contributed by atoms with Gasteiger partial charge in [0.25, 0.3) is 0 Å². The van der Waals surface area contributed by atoms with Crippen molar-refractivity contribution in [2.24, 2.45) is 5.11 Å². The predicted octanol–water partition coefficient (Wildman–Crippen LogP) is -0.259. The van der Waals surface area contributed by atoms with Crippen LogP contribution in [0.5, 0.6) is 0 Å². The first-order chi connectivity index (χ1) is 7.11. The third-order valence-electron chi connectivity index (χ3n) is 1.72. The second-order valence-corrected chi connectivity index (χ2v) is 2.84. The van der Waals surface area contributed by atoms with Crippen LogP contribution >= 0.6 is 0 Å². The maximum atomic E-state index is 11.2. The molecule has 0 spiro atoms. The second kappa shape index (κ2) is 8.13. The van der Waals surface area contributed by atoms with Gasteiger partial charge in [0, 0.05) is 19.9 Å². The minimum absolute atomic E-state index is 0.0927. The van der Waals surface area contributed by atoms with Gasteiger partial charge in [0.2, 0.25) is 5.91 Å². The summed E-state index contributed by atoms with van der Waals surface area (Å²) in [5.74, 6) is -0.187. The minimum Gasteiger partial charge on any atom is -0.600 e. The van der Waals surface area contributed by atoms with E-state index in [0.717, 1.165) is 5.06 Å². The van der Waals surface area contributed by atoms with Gasteiger partial charge < -0.3 is 10.3 Å². The molecule has 1 N–H and O–H groups in total. The van der Waals surface area contributed by atoms with Crippen molar-refractivity contribution in [1.29, 1.82) is 0 Å². The van der Waals surface area contributed by atoms with Crippen molar-refractivity contribution in [2.75, 3.05) is 33.9 Å². The lowest BCUT2D eigenvalue weighted by Crippen LogP contribution is -2.25. The quantitative estimate of drug-likeness (QED) is 0.363. The van der Waals surface area contributed by atoms with Crippen LogP contribution in [0.1, 0.15) is 12.8 Å². The molecule has 88 valence electrons. The van der Waals surface area contributed by atoms with E-state index in [9.17, 15) is 10.0 Å². The smallest absolute Gasteiger partial charge is 0.246 e. The highest BCUT2D eigenvalue weighted by molar-refractivity contribution is 5.74. The predicted molar refractivity (Wildman–Crippen MR) is 51.9 cm³/mol. The van der Waals surface area contributed by atoms with Gasteiger partial charge in [0.1, 0.15) is 6.54 Å². The zero-order chi connectivity index (χ0) is 11.7. The lowest BCUT2D eigenvalue weighted by atomic mass is 10.3. The number of azo groups is 1. The van der Waals surface area contributed by atoms with Crippen LogP contribution < -0.4 is 0 Å². The Kier molecular flexibility index (Phi) is 7.47. The number of aliphatic hydroxyl groups is 1. The number of hydroxylamine groups is 3. The van der Waals surface area contributed by atoms with E-state index in [4.69, 9.17) is 5.11 Å². The molecule has 0 aliphatic carbocycles. The fraction of sp³-hybridized carbons (Fsp3) is 0.875. The third-order valence-corrected chi connectivity index (χ3v) is 1.72. The van der Waals surface area contributed by atoms with E-state index in [1.54, 1.807) is 0 Å². The molecule has 0 bridgehead atoms. The van der Waals surface area contributed by atoms with Crippen LogP contribution in [0.15, 0.2) is 5.11 Å². The summed E-state index contributed by atoms with van der Waals surface area (Å²) in [6, 6.07) is 0. The molecule has 0 saturated heterocycles. The van der Waals surface area contributed by atoms with Gasteiger partial charge in [-0.05, 0) is 5.11 Å². The number of carbonyl (C=O) groups excluding carboxylic acids is 1. The number of hydrogen-bond donors (Lipinski definition) is 1. The first-order valence-electron chi connectivity index (χ1n) is 4.65. The molecule has 1 amide bonds. The zero-order valence-corrected chi connectivity index (χ0v) is 9.05. The monoisotopic (exact) mass is 219 g/mol. The van der Waals surface area contributed by atoms with E-state index in [1.807, 2.05) is 0 Å². The number of hydrogen-bond acceptors (Lipinski definition) is 5. The SMILES string of the molecule is CON(C)C(=O)CCC[N+]([O-])=NCCO. The normalized spacial score (nSPS) is 11.5. The summed E-state index contributed by atoms with van der Waals surface area (Å²) in [4.78, 5) is 16.3. The number of rotatable bonds is 7. The van der Waals surface area contributed by atoms with Gasteiger partial charge in [-0.3, -0.25) is 9.63 Å². The van der Waals surface area contributed by atoms with Gasteiger partial charge in [-0.15, -0.1) is 0 Å². The molecule has 0 aliphatic heterocycles. The van der Waals surface area contributed by atoms with E-state index in [2.05, 4.69) is 9.95 Å². The number of amides is 1. The summed E-state index contributed by atoms with van der Waals surface area (Å²) in [6.07, 6.45) is 0.642. The molecular weight excluding hydrogens is 202 g/mol. The number of carbonyl (C=O) groups is 1. The summed E-state index contributed by atoms with van der Waals surface area (Å²) in [7, 11) is 2.90. The highest BCUT2D eigenvalue weighted by atomic mass is 16.7. The van der Waals surface area contributed by atoms with Crippen LogP contribution in [0.2, 0.25) is 0 Å². The van der Waals surface area contributed by atoms with Gasteiger partial charge in [-0.1, -0.05) is 4.86 Å². The molecule has 0 aromatic heterocycles. The molecule has 7 heteroatoms. The highest BCUT2D eigenvalue weighted by Gasteiger charge is 2.08. The van der Waals surface area contributed by atoms with Crippen LogP contribution in [0.3, 0.4) is 0 Å². The van der Waals surface area contributed by atoms with Gasteiger partial charge in [0.15, 0.2) is 6.54 Å². The fourth-order valence-electron chi connectivity index (χ4n) is 0.852. The Morgan fingerprint density at radius 2 is 2.33 bits per heavy atom. The molecule has 0 heterocycles. The van der Waals surface area contributed by atoms with Crippen LogP contribution in [0.4, 0.5) is 0 Å². The van der Waals surface area contributed by atoms with Crippen molar-refractivity contribution in [1.82, 2.24) is 5.06 Å². The molecule has 0 aliphatic rings. The van der Waals surface area contributed by atoms with Crippen molar-refractivity contribution >= 4 is 5.91 Å². The van der Waals surface area contributed by atoms with Gasteiger partial charge >= 0.3 is 0 Å². The van der Waals surface area contributed by atoms with Crippen molar-refractivity contribution < 1.29 is 19.6 Å². The Morgan fingerprint density at radius 1 is 1.67 bits per heavy atom. The average Bonchev–Trinajstić information content (AvgIpc) is 2.24. The number of nitrogens with zero attached hydrogens (tertiary/aromatic N) is 3. The Morgan fingerprint density at radius 3 is 2.87 bits per heavy atom. The van der Waals surface area contributed by atoms with Crippen molar-refractivity contribution in [3.63, 3.8) is 0 Å². The van der Waals surface area contributed by atoms with Gasteiger partial charge in [-0.25, -0.2) is 5.06 Å². The maximum absolute atomic E-state index is 11.2. The molecule has 0 saturated carbocycles. The molecule has 0 radical (unpaired) electrons. The highest BCUT2D eigenvalue weighted by Crippen LogP contribution is 1.96. The summed E-state index contributed by atoms with van der Waals surface area (Å²) >= 11 is 0. The molecular formula is C8H17N3O4. The van der Waals surface area contributed by atoms with Crippen LogP contribution in [0, 0.1) is 5.21 Å². The van der Waals surface area contributed by atoms with Gasteiger partial charge in [0.05, 0.1) is 13.7 Å². The molecule has 0 aromatic rings. The van der Waals surface area contributed by atoms with E-state index >= 15 is 0 Å². The third kappa shape index (κ3) is 6.81. The van der Waals surface area contributed by atoms with E-state index in [-0.39, 0.29) is 32.0 Å². The molecule has 0 aromatic carbocycles. The van der Waals surface area contributed by atoms with Gasteiger partial charge in [-0.2, -0.15) is 0 Å². The lowest BCUT2D eigenvalue weighted by molar-refractivity contribution is -0.531.